The molecule has 1 rings (SSSR count). The lowest BCUT2D eigenvalue weighted by atomic mass is 9.95. The molecule has 0 bridgehead atoms. The maximum Gasteiger partial charge on any atom is 0.0517 e. The second-order valence-corrected chi connectivity index (χ2v) is 4.40. The molecule has 0 radical (unpaired) electrons. The summed E-state index contributed by atoms with van der Waals surface area (Å²) in [7, 11) is 0. The van der Waals surface area contributed by atoms with Crippen molar-refractivity contribution in [1.29, 1.82) is 0 Å². The van der Waals surface area contributed by atoms with E-state index >= 15 is 0 Å². The normalized spacial score (nSPS) is 15.2. The largest absolute Gasteiger partial charge is 0.393 e. The van der Waals surface area contributed by atoms with Crippen molar-refractivity contribution in [3.8, 4) is 0 Å². The summed E-state index contributed by atoms with van der Waals surface area (Å²) in [6, 6.07) is 6.09. The first-order chi connectivity index (χ1) is 6.50. The SMILES string of the molecule is Cc1ccc(C(C)CC(C)O)cc1Cl. The summed E-state index contributed by atoms with van der Waals surface area (Å²) >= 11 is 6.03. The van der Waals surface area contributed by atoms with Gasteiger partial charge in [0.2, 0.25) is 0 Å². The zero-order valence-corrected chi connectivity index (χ0v) is 9.67. The van der Waals surface area contributed by atoms with Gasteiger partial charge in [0.05, 0.1) is 6.10 Å². The number of aliphatic hydroxyl groups excluding tert-OH is 1. The summed E-state index contributed by atoms with van der Waals surface area (Å²) in [6.07, 6.45) is 0.518. The van der Waals surface area contributed by atoms with Crippen molar-refractivity contribution in [1.82, 2.24) is 0 Å². The summed E-state index contributed by atoms with van der Waals surface area (Å²) in [5.41, 5.74) is 2.29. The maximum absolute atomic E-state index is 9.28. The third-order valence-corrected chi connectivity index (χ3v) is 2.87. The molecule has 0 heterocycles. The Bertz CT molecular complexity index is 307. The average Bonchev–Trinajstić information content (AvgIpc) is 2.08. The molecule has 0 spiro atoms. The van der Waals surface area contributed by atoms with Crippen LogP contribution in [0.3, 0.4) is 0 Å². The van der Waals surface area contributed by atoms with Crippen LogP contribution in [0.2, 0.25) is 5.02 Å². The van der Waals surface area contributed by atoms with Crippen LogP contribution >= 0.6 is 11.6 Å². The lowest BCUT2D eigenvalue weighted by Gasteiger charge is -2.14. The Morgan fingerprint density at radius 1 is 1.36 bits per heavy atom. The molecular formula is C12H17ClO. The summed E-state index contributed by atoms with van der Waals surface area (Å²) in [5.74, 6) is 0.355. The first kappa shape index (κ1) is 11.5. The van der Waals surface area contributed by atoms with Crippen molar-refractivity contribution in [2.45, 2.75) is 39.2 Å². The highest BCUT2D eigenvalue weighted by molar-refractivity contribution is 6.31. The minimum absolute atomic E-state index is 0.259. The van der Waals surface area contributed by atoms with Crippen molar-refractivity contribution in [3.63, 3.8) is 0 Å². The molecule has 78 valence electrons. The predicted octanol–water partition coefficient (Wildman–Crippen LogP) is 3.52. The highest BCUT2D eigenvalue weighted by Gasteiger charge is 2.09. The van der Waals surface area contributed by atoms with Crippen LogP contribution in [-0.4, -0.2) is 11.2 Å². The van der Waals surface area contributed by atoms with E-state index < -0.39 is 0 Å². The Labute approximate surface area is 90.7 Å². The van der Waals surface area contributed by atoms with Crippen molar-refractivity contribution in [2.24, 2.45) is 0 Å². The Kier molecular flexibility index (Phi) is 3.97. The monoisotopic (exact) mass is 212 g/mol. The number of aryl methyl sites for hydroxylation is 1. The molecule has 1 aromatic carbocycles. The fourth-order valence-corrected chi connectivity index (χ4v) is 1.75. The third-order valence-electron chi connectivity index (χ3n) is 2.46. The van der Waals surface area contributed by atoms with Gasteiger partial charge in [-0.05, 0) is 43.4 Å². The Balaban J connectivity index is 2.80. The molecule has 2 unspecified atom stereocenters. The number of rotatable bonds is 3. The molecule has 1 nitrogen and oxygen atoms in total. The van der Waals surface area contributed by atoms with Gasteiger partial charge in [-0.1, -0.05) is 30.7 Å². The number of benzene rings is 1. The molecule has 2 atom stereocenters. The van der Waals surface area contributed by atoms with Crippen LogP contribution in [0.1, 0.15) is 37.3 Å². The van der Waals surface area contributed by atoms with Crippen molar-refractivity contribution in [2.75, 3.05) is 0 Å². The minimum atomic E-state index is -0.259. The lowest BCUT2D eigenvalue weighted by Crippen LogP contribution is -2.05. The van der Waals surface area contributed by atoms with E-state index in [-0.39, 0.29) is 6.10 Å². The molecule has 0 amide bonds. The molecule has 0 saturated heterocycles. The Morgan fingerprint density at radius 3 is 2.50 bits per heavy atom. The van der Waals surface area contributed by atoms with Crippen LogP contribution in [0.25, 0.3) is 0 Å². The van der Waals surface area contributed by atoms with Crippen LogP contribution in [0.15, 0.2) is 18.2 Å². The van der Waals surface area contributed by atoms with Gasteiger partial charge in [-0.2, -0.15) is 0 Å². The maximum atomic E-state index is 9.28. The van der Waals surface area contributed by atoms with E-state index in [4.69, 9.17) is 11.6 Å². The second kappa shape index (κ2) is 4.81. The topological polar surface area (TPSA) is 20.2 Å². The van der Waals surface area contributed by atoms with Crippen molar-refractivity contribution < 1.29 is 5.11 Å². The van der Waals surface area contributed by atoms with Crippen molar-refractivity contribution >= 4 is 11.6 Å². The highest BCUT2D eigenvalue weighted by Crippen LogP contribution is 2.25. The fourth-order valence-electron chi connectivity index (χ4n) is 1.56. The quantitative estimate of drug-likeness (QED) is 0.813. The van der Waals surface area contributed by atoms with Gasteiger partial charge in [-0.15, -0.1) is 0 Å². The van der Waals surface area contributed by atoms with E-state index in [1.54, 1.807) is 0 Å². The zero-order chi connectivity index (χ0) is 10.7. The number of aliphatic hydroxyl groups is 1. The summed E-state index contributed by atoms with van der Waals surface area (Å²) in [5, 5.41) is 10.1. The smallest absolute Gasteiger partial charge is 0.0517 e. The average molecular weight is 213 g/mol. The fraction of sp³-hybridized carbons (Fsp3) is 0.500. The van der Waals surface area contributed by atoms with E-state index in [1.807, 2.05) is 26.0 Å². The van der Waals surface area contributed by atoms with Crippen molar-refractivity contribution in [3.05, 3.63) is 34.3 Å². The molecule has 0 fully saturated rings. The molecule has 0 aliphatic rings. The summed E-state index contributed by atoms with van der Waals surface area (Å²) in [6.45, 7) is 5.91. The molecule has 0 aromatic heterocycles. The molecule has 0 aliphatic carbocycles. The van der Waals surface area contributed by atoms with Crippen LogP contribution in [0.4, 0.5) is 0 Å². The molecule has 0 aliphatic heterocycles. The van der Waals surface area contributed by atoms with E-state index in [1.165, 1.54) is 5.56 Å². The van der Waals surface area contributed by atoms with Gasteiger partial charge in [0.1, 0.15) is 0 Å². The van der Waals surface area contributed by atoms with Crippen LogP contribution in [-0.2, 0) is 0 Å². The number of hydrogen-bond donors (Lipinski definition) is 1. The van der Waals surface area contributed by atoms with Gasteiger partial charge in [-0.3, -0.25) is 0 Å². The van der Waals surface area contributed by atoms with Gasteiger partial charge in [0.15, 0.2) is 0 Å². The van der Waals surface area contributed by atoms with Crippen LogP contribution in [0, 0.1) is 6.92 Å². The van der Waals surface area contributed by atoms with Gasteiger partial charge < -0.3 is 5.11 Å². The van der Waals surface area contributed by atoms with Gasteiger partial charge in [-0.25, -0.2) is 0 Å². The summed E-state index contributed by atoms with van der Waals surface area (Å²) in [4.78, 5) is 0. The van der Waals surface area contributed by atoms with E-state index in [0.29, 0.717) is 5.92 Å². The van der Waals surface area contributed by atoms with Crippen LogP contribution < -0.4 is 0 Å². The second-order valence-electron chi connectivity index (χ2n) is 3.99. The zero-order valence-electron chi connectivity index (χ0n) is 8.92. The first-order valence-corrected chi connectivity index (χ1v) is 5.32. The molecule has 2 heteroatoms. The Hall–Kier alpha value is -0.530. The first-order valence-electron chi connectivity index (χ1n) is 4.95. The number of hydrogen-bond acceptors (Lipinski definition) is 1. The van der Waals surface area contributed by atoms with Gasteiger partial charge >= 0.3 is 0 Å². The molecule has 14 heavy (non-hydrogen) atoms. The van der Waals surface area contributed by atoms with Gasteiger partial charge in [0.25, 0.3) is 0 Å². The lowest BCUT2D eigenvalue weighted by molar-refractivity contribution is 0.176. The standard InChI is InChI=1S/C12H17ClO/c1-8-4-5-11(7-12(8)13)9(2)6-10(3)14/h4-5,7,9-10,14H,6H2,1-3H3. The molecule has 1 aromatic rings. The van der Waals surface area contributed by atoms with E-state index in [0.717, 1.165) is 17.0 Å². The number of halogens is 1. The predicted molar refractivity (Wildman–Crippen MR) is 60.9 cm³/mol. The molecular weight excluding hydrogens is 196 g/mol. The van der Waals surface area contributed by atoms with Gasteiger partial charge in [0, 0.05) is 5.02 Å². The molecule has 1 N–H and O–H groups in total. The van der Waals surface area contributed by atoms with E-state index in [2.05, 4.69) is 13.0 Å². The summed E-state index contributed by atoms with van der Waals surface area (Å²) < 4.78 is 0. The Morgan fingerprint density at radius 2 is 2.00 bits per heavy atom. The highest BCUT2D eigenvalue weighted by atomic mass is 35.5. The van der Waals surface area contributed by atoms with E-state index in [9.17, 15) is 5.11 Å². The van der Waals surface area contributed by atoms with Crippen LogP contribution in [0.5, 0.6) is 0 Å². The minimum Gasteiger partial charge on any atom is -0.393 e. The third kappa shape index (κ3) is 3.00. The molecule has 0 saturated carbocycles.